The molecule has 0 aromatic heterocycles. The third-order valence-electron chi connectivity index (χ3n) is 12.8. The van der Waals surface area contributed by atoms with Gasteiger partial charge in [-0.05, 0) is 43.9 Å². The molecule has 6 aliphatic rings. The van der Waals surface area contributed by atoms with E-state index in [-0.39, 0.29) is 36.3 Å². The highest BCUT2D eigenvalue weighted by molar-refractivity contribution is 6.00. The zero-order valence-corrected chi connectivity index (χ0v) is 25.2. The first-order chi connectivity index (χ1) is 20.5. The number of carbonyl (C=O) groups excluding carboxylic acids is 2. The average Bonchev–Trinajstić information content (AvgIpc) is 3.35. The minimum atomic E-state index is -1.81. The number of nitrogens with zero attached hydrogens (tertiary/aromatic N) is 1. The number of ether oxygens (including phenoxy) is 3. The van der Waals surface area contributed by atoms with Crippen molar-refractivity contribution >= 4 is 17.6 Å². The monoisotopic (exact) mass is 600 g/mol. The number of nitrogens with one attached hydrogen (secondary N) is 1. The average molecular weight is 601 g/mol. The van der Waals surface area contributed by atoms with Crippen LogP contribution in [0.3, 0.4) is 0 Å². The fourth-order valence-corrected chi connectivity index (χ4v) is 11.7. The van der Waals surface area contributed by atoms with Gasteiger partial charge < -0.3 is 40.0 Å². The summed E-state index contributed by atoms with van der Waals surface area (Å²) in [7, 11) is 3.11. The molecule has 1 heterocycles. The number of fused-ring (bicyclic) bond motifs is 2. The van der Waals surface area contributed by atoms with Gasteiger partial charge in [-0.25, -0.2) is 4.79 Å². The number of piperidine rings is 1. The summed E-state index contributed by atoms with van der Waals surface area (Å²) in [5.41, 5.74) is -4.53. The molecule has 1 amide bonds. The van der Waals surface area contributed by atoms with Crippen LogP contribution in [0.1, 0.15) is 49.9 Å². The highest BCUT2D eigenvalue weighted by Gasteiger charge is 2.91. The maximum absolute atomic E-state index is 13.6. The van der Waals surface area contributed by atoms with E-state index >= 15 is 0 Å². The number of para-hydroxylation sites is 1. The van der Waals surface area contributed by atoms with Crippen molar-refractivity contribution in [2.75, 3.05) is 39.2 Å². The molecule has 1 aromatic rings. The summed E-state index contributed by atoms with van der Waals surface area (Å²) < 4.78 is 18.1. The maximum Gasteiger partial charge on any atom is 0.340 e. The molecule has 1 spiro atoms. The fourth-order valence-electron chi connectivity index (χ4n) is 11.7. The number of hydrogen-bond acceptors (Lipinski definition) is 10. The maximum atomic E-state index is 13.6. The van der Waals surface area contributed by atoms with Crippen LogP contribution in [0.4, 0.5) is 5.69 Å². The Morgan fingerprint density at radius 3 is 2.56 bits per heavy atom. The SMILES string of the molecule is CCN1C[C@]2(COC(=O)c3ccccc3NC(C)=O)CC[C@H](O)[C@]34C5C[C@@H]6[C@@H](OC)C[C@@](O)(C5[C@H]6O)[C@@](O)(C13)[C@@H](OC)[C@H]24. The summed E-state index contributed by atoms with van der Waals surface area (Å²) in [6.45, 7) is 4.42. The molecule has 11 heteroatoms. The molecule has 5 aliphatic carbocycles. The number of rotatable bonds is 7. The first-order valence-corrected chi connectivity index (χ1v) is 15.6. The van der Waals surface area contributed by atoms with Gasteiger partial charge in [-0.2, -0.15) is 0 Å². The Bertz CT molecular complexity index is 1330. The van der Waals surface area contributed by atoms with Crippen LogP contribution in [0.15, 0.2) is 24.3 Å². The normalized spacial score (nSPS) is 49.1. The Balaban J connectivity index is 1.35. The zero-order valence-electron chi connectivity index (χ0n) is 25.2. The number of likely N-dealkylation sites (N-methyl/N-ethyl adjacent to an activating group) is 1. The van der Waals surface area contributed by atoms with Gasteiger partial charge in [0.1, 0.15) is 11.2 Å². The van der Waals surface area contributed by atoms with Crippen LogP contribution in [-0.4, -0.2) is 113 Å². The van der Waals surface area contributed by atoms with Gasteiger partial charge in [-0.1, -0.05) is 19.1 Å². The molecule has 1 aromatic carbocycles. The minimum absolute atomic E-state index is 0.0149. The second kappa shape index (κ2) is 9.69. The van der Waals surface area contributed by atoms with Gasteiger partial charge in [0.15, 0.2) is 0 Å². The molecule has 0 radical (unpaired) electrons. The topological polar surface area (TPSA) is 158 Å². The van der Waals surface area contributed by atoms with E-state index in [2.05, 4.69) is 10.2 Å². The lowest BCUT2D eigenvalue weighted by Crippen LogP contribution is -2.82. The summed E-state index contributed by atoms with van der Waals surface area (Å²) in [5, 5.41) is 52.3. The molecule has 7 bridgehead atoms. The number of hydrogen-bond donors (Lipinski definition) is 5. The van der Waals surface area contributed by atoms with Crippen molar-refractivity contribution in [3.05, 3.63) is 29.8 Å². The van der Waals surface area contributed by atoms with Gasteiger partial charge in [-0.15, -0.1) is 0 Å². The minimum Gasteiger partial charge on any atom is -0.461 e. The number of esters is 1. The molecule has 3 unspecified atom stereocenters. The summed E-state index contributed by atoms with van der Waals surface area (Å²) in [5.74, 6) is -2.50. The number of aliphatic hydroxyl groups is 4. The summed E-state index contributed by atoms with van der Waals surface area (Å²) in [6, 6.07) is 6.08. The van der Waals surface area contributed by atoms with Gasteiger partial charge in [0.2, 0.25) is 5.91 Å². The molecule has 43 heavy (non-hydrogen) atoms. The van der Waals surface area contributed by atoms with Crippen LogP contribution < -0.4 is 5.32 Å². The second-order valence-corrected chi connectivity index (χ2v) is 14.1. The first-order valence-electron chi connectivity index (χ1n) is 15.6. The molecule has 5 N–H and O–H groups in total. The molecular formula is C32H44N2O9. The molecule has 5 saturated carbocycles. The van der Waals surface area contributed by atoms with Crippen LogP contribution in [-0.2, 0) is 19.0 Å². The van der Waals surface area contributed by atoms with Gasteiger partial charge in [0, 0.05) is 62.7 Å². The second-order valence-electron chi connectivity index (χ2n) is 14.1. The summed E-state index contributed by atoms with van der Waals surface area (Å²) in [6.07, 6.45) is -1.34. The quantitative estimate of drug-likeness (QED) is 0.283. The van der Waals surface area contributed by atoms with Crippen molar-refractivity contribution in [1.29, 1.82) is 0 Å². The van der Waals surface area contributed by atoms with Crippen LogP contribution >= 0.6 is 0 Å². The summed E-state index contributed by atoms with van der Waals surface area (Å²) in [4.78, 5) is 27.5. The van der Waals surface area contributed by atoms with Crippen molar-refractivity contribution in [2.45, 2.75) is 81.2 Å². The lowest BCUT2D eigenvalue weighted by atomic mass is 9.42. The highest BCUT2D eigenvalue weighted by Crippen LogP contribution is 2.80. The van der Waals surface area contributed by atoms with Crippen molar-refractivity contribution in [3.63, 3.8) is 0 Å². The number of benzene rings is 1. The van der Waals surface area contributed by atoms with Crippen LogP contribution in [0.2, 0.25) is 0 Å². The first kappa shape index (κ1) is 29.6. The molecule has 6 fully saturated rings. The molecule has 7 rings (SSSR count). The van der Waals surface area contributed by atoms with Crippen molar-refractivity contribution < 1.29 is 44.2 Å². The number of carbonyl (C=O) groups is 2. The van der Waals surface area contributed by atoms with E-state index in [0.717, 1.165) is 0 Å². The summed E-state index contributed by atoms with van der Waals surface area (Å²) >= 11 is 0. The van der Waals surface area contributed by atoms with E-state index in [0.29, 0.717) is 38.0 Å². The standard InChI is InChI=1S/C32H44N2O9/c1-5-34-14-29(15-43-27(38)17-8-6-7-9-20(17)33-16(2)35)11-10-22(36)31-19-12-18-21(41-3)13-30(39,23(19)24(18)37)32(40,28(31)34)26(42-4)25(29)31/h6-9,18-19,21-26,28,36-37,39-40H,5,10-15H2,1-4H3,(H,33,35)/t18-,19?,21+,22+,23?,24+,25-,26+,28?,29+,30-,31+,32+/m1/s1. The fraction of sp³-hybridized carbons (Fsp3) is 0.750. The van der Waals surface area contributed by atoms with E-state index in [4.69, 9.17) is 14.2 Å². The smallest absolute Gasteiger partial charge is 0.340 e. The van der Waals surface area contributed by atoms with E-state index in [1.165, 1.54) is 14.0 Å². The Morgan fingerprint density at radius 2 is 1.88 bits per heavy atom. The van der Waals surface area contributed by atoms with E-state index < -0.39 is 70.3 Å². The molecule has 13 atom stereocenters. The van der Waals surface area contributed by atoms with Crippen molar-refractivity contribution in [3.8, 4) is 0 Å². The lowest BCUT2D eigenvalue weighted by Gasteiger charge is -2.69. The van der Waals surface area contributed by atoms with Crippen LogP contribution in [0, 0.1) is 34.5 Å². The Hall–Kier alpha value is -2.12. The molecule has 1 saturated heterocycles. The third-order valence-corrected chi connectivity index (χ3v) is 12.8. The van der Waals surface area contributed by atoms with Gasteiger partial charge in [0.05, 0.1) is 48.3 Å². The van der Waals surface area contributed by atoms with E-state index in [1.807, 2.05) is 6.92 Å². The number of anilines is 1. The van der Waals surface area contributed by atoms with Crippen LogP contribution in [0.5, 0.6) is 0 Å². The van der Waals surface area contributed by atoms with Crippen LogP contribution in [0.25, 0.3) is 0 Å². The van der Waals surface area contributed by atoms with Crippen molar-refractivity contribution in [2.24, 2.45) is 34.5 Å². The predicted octanol–water partition coefficient (Wildman–Crippen LogP) is 0.786. The predicted molar refractivity (Wildman–Crippen MR) is 153 cm³/mol. The molecule has 1 aliphatic heterocycles. The van der Waals surface area contributed by atoms with E-state index in [9.17, 15) is 30.0 Å². The Kier molecular flexibility index (Phi) is 6.67. The number of likely N-dealkylation sites (tertiary alicyclic amines) is 1. The molecular weight excluding hydrogens is 556 g/mol. The molecule has 11 nitrogen and oxygen atoms in total. The Morgan fingerprint density at radius 1 is 1.14 bits per heavy atom. The van der Waals surface area contributed by atoms with Gasteiger partial charge >= 0.3 is 5.97 Å². The van der Waals surface area contributed by atoms with Crippen molar-refractivity contribution in [1.82, 2.24) is 4.90 Å². The Labute approximate surface area is 251 Å². The van der Waals surface area contributed by atoms with E-state index in [1.54, 1.807) is 31.4 Å². The zero-order chi connectivity index (χ0) is 30.7. The number of amides is 1. The third kappa shape index (κ3) is 3.39. The lowest BCUT2D eigenvalue weighted by molar-refractivity contribution is -0.317. The molecule has 236 valence electrons. The number of aliphatic hydroxyl groups excluding tert-OH is 2. The highest BCUT2D eigenvalue weighted by atomic mass is 16.5. The largest absolute Gasteiger partial charge is 0.461 e. The number of methoxy groups -OCH3 is 2. The van der Waals surface area contributed by atoms with Gasteiger partial charge in [0.25, 0.3) is 0 Å². The van der Waals surface area contributed by atoms with Gasteiger partial charge in [-0.3, -0.25) is 9.69 Å².